The second kappa shape index (κ2) is 7.53. The molecule has 1 heterocycles. The molecule has 1 aliphatic carbocycles. The van der Waals surface area contributed by atoms with Crippen LogP contribution in [0.2, 0.25) is 0 Å². The average Bonchev–Trinajstić information content (AvgIpc) is 2.52. The highest BCUT2D eigenvalue weighted by Gasteiger charge is 2.57. The molecule has 0 amide bonds. The Bertz CT molecular complexity index is 814. The van der Waals surface area contributed by atoms with E-state index in [1.807, 2.05) is 6.07 Å². The monoisotopic (exact) mass is 397 g/mol. The van der Waals surface area contributed by atoms with Gasteiger partial charge in [0.1, 0.15) is 11.5 Å². The van der Waals surface area contributed by atoms with Crippen molar-refractivity contribution in [2.24, 2.45) is 5.41 Å². The maximum Gasteiger partial charge on any atom is 0.261 e. The number of likely N-dealkylation sites (tertiary alicyclic amines) is 1. The molecule has 0 radical (unpaired) electrons. The molecule has 6 nitrogen and oxygen atoms in total. The van der Waals surface area contributed by atoms with Crippen molar-refractivity contribution in [3.05, 3.63) is 29.3 Å². The predicted molar refractivity (Wildman–Crippen MR) is 106 cm³/mol. The minimum Gasteiger partial charge on any atom is -0.508 e. The fourth-order valence-corrected chi connectivity index (χ4v) is 4.86. The lowest BCUT2D eigenvalue weighted by atomic mass is 9.49. The average molecular weight is 398 g/mol. The first kappa shape index (κ1) is 21.9. The highest BCUT2D eigenvalue weighted by Crippen LogP contribution is 2.58. The zero-order valence-corrected chi connectivity index (χ0v) is 17.6. The van der Waals surface area contributed by atoms with E-state index in [-0.39, 0.29) is 16.6 Å². The highest BCUT2D eigenvalue weighted by molar-refractivity contribution is 7.85. The number of fused-ring (bicyclic) bond motifs is 4. The van der Waals surface area contributed by atoms with Crippen LogP contribution in [0.15, 0.2) is 18.2 Å². The van der Waals surface area contributed by atoms with Gasteiger partial charge in [-0.2, -0.15) is 8.42 Å². The number of phenols is 1. The van der Waals surface area contributed by atoms with E-state index in [9.17, 15) is 18.3 Å². The summed E-state index contributed by atoms with van der Waals surface area (Å²) in [6.07, 6.45) is 4.36. The molecule has 3 rings (SSSR count). The molecule has 0 aromatic heterocycles. The van der Waals surface area contributed by atoms with Gasteiger partial charge in [-0.15, -0.1) is 0 Å². The molecule has 3 atom stereocenters. The van der Waals surface area contributed by atoms with Gasteiger partial charge in [0.05, 0.1) is 6.26 Å². The number of likely N-dealkylation sites (N-methyl/N-ethyl adjacent to an activating group) is 1. The Kier molecular flexibility index (Phi) is 6.09. The number of carbonyl (C=O) groups is 1. The lowest BCUT2D eigenvalue weighted by Crippen LogP contribution is -2.64. The minimum absolute atomic E-state index is 0.0198. The van der Waals surface area contributed by atoms with Crippen LogP contribution < -0.4 is 0 Å². The second-order valence-corrected chi connectivity index (χ2v) is 9.94. The van der Waals surface area contributed by atoms with Crippen LogP contribution in [0.5, 0.6) is 5.75 Å². The van der Waals surface area contributed by atoms with E-state index in [1.54, 1.807) is 13.0 Å². The standard InChI is InChI=1S/C19H27NO2.CH4O3S/c1-13(21)7-8-19(3)17-11-14-5-6-15(22)12-16(14)18(19,2)9-10-20(17)4;1-5(2,3)4/h5-6,12,17,22H,7-11H2,1-4H3;1H3,(H,2,3,4)/t17?,18-,19-;/m1./s1. The van der Waals surface area contributed by atoms with Crippen LogP contribution in [0.4, 0.5) is 0 Å². The maximum absolute atomic E-state index is 11.6. The van der Waals surface area contributed by atoms with Crippen molar-refractivity contribution in [1.82, 2.24) is 4.90 Å². The molecular formula is C20H31NO5S. The predicted octanol–water partition coefficient (Wildman–Crippen LogP) is 2.79. The zero-order valence-electron chi connectivity index (χ0n) is 16.8. The summed E-state index contributed by atoms with van der Waals surface area (Å²) in [5.74, 6) is 0.624. The highest BCUT2D eigenvalue weighted by atomic mass is 32.2. The molecule has 1 aliphatic heterocycles. The van der Waals surface area contributed by atoms with E-state index in [2.05, 4.69) is 31.9 Å². The first-order valence-corrected chi connectivity index (χ1v) is 11.1. The Morgan fingerprint density at radius 3 is 2.48 bits per heavy atom. The van der Waals surface area contributed by atoms with E-state index < -0.39 is 10.1 Å². The van der Waals surface area contributed by atoms with Gasteiger partial charge in [-0.05, 0) is 68.5 Å². The van der Waals surface area contributed by atoms with Crippen molar-refractivity contribution in [3.8, 4) is 5.75 Å². The number of hydrogen-bond donors (Lipinski definition) is 2. The van der Waals surface area contributed by atoms with Crippen LogP contribution in [0, 0.1) is 5.41 Å². The second-order valence-electron chi connectivity index (χ2n) is 8.48. The van der Waals surface area contributed by atoms with Gasteiger partial charge in [0.25, 0.3) is 10.1 Å². The Morgan fingerprint density at radius 2 is 1.93 bits per heavy atom. The number of rotatable bonds is 3. The van der Waals surface area contributed by atoms with Crippen LogP contribution in [0.1, 0.15) is 51.2 Å². The van der Waals surface area contributed by atoms with E-state index in [0.717, 1.165) is 25.8 Å². The van der Waals surface area contributed by atoms with Crippen LogP contribution in [-0.2, 0) is 26.7 Å². The molecule has 0 saturated carbocycles. The summed E-state index contributed by atoms with van der Waals surface area (Å²) in [6.45, 7) is 7.45. The Hall–Kier alpha value is -1.44. The van der Waals surface area contributed by atoms with Gasteiger partial charge in [0.15, 0.2) is 0 Å². The third-order valence-electron chi connectivity index (χ3n) is 6.59. The van der Waals surface area contributed by atoms with E-state index in [0.29, 0.717) is 24.5 Å². The van der Waals surface area contributed by atoms with Crippen molar-refractivity contribution >= 4 is 15.9 Å². The largest absolute Gasteiger partial charge is 0.508 e. The molecule has 27 heavy (non-hydrogen) atoms. The molecule has 1 fully saturated rings. The molecule has 152 valence electrons. The van der Waals surface area contributed by atoms with Crippen molar-refractivity contribution < 1.29 is 22.9 Å². The third-order valence-corrected chi connectivity index (χ3v) is 6.59. The summed E-state index contributed by atoms with van der Waals surface area (Å²) in [5.41, 5.74) is 2.73. The van der Waals surface area contributed by atoms with Gasteiger partial charge in [-0.1, -0.05) is 19.9 Å². The molecule has 1 unspecified atom stereocenters. The van der Waals surface area contributed by atoms with Crippen LogP contribution in [-0.4, -0.2) is 54.7 Å². The molecule has 2 bridgehead atoms. The number of phenolic OH excluding ortho intramolecular Hbond substituents is 1. The number of ketones is 1. The topological polar surface area (TPSA) is 94.9 Å². The summed E-state index contributed by atoms with van der Waals surface area (Å²) < 4.78 is 25.9. The van der Waals surface area contributed by atoms with E-state index in [1.165, 1.54) is 11.1 Å². The molecule has 1 aromatic rings. The Labute approximate surface area is 162 Å². The maximum atomic E-state index is 11.6. The summed E-state index contributed by atoms with van der Waals surface area (Å²) in [4.78, 5) is 14.1. The van der Waals surface area contributed by atoms with Crippen LogP contribution >= 0.6 is 0 Å². The summed E-state index contributed by atoms with van der Waals surface area (Å²) in [7, 11) is -1.46. The van der Waals surface area contributed by atoms with E-state index in [4.69, 9.17) is 4.55 Å². The van der Waals surface area contributed by atoms with Crippen LogP contribution in [0.25, 0.3) is 0 Å². The number of carbonyl (C=O) groups excluding carboxylic acids is 1. The normalized spacial score (nSPS) is 30.1. The van der Waals surface area contributed by atoms with Gasteiger partial charge in [0.2, 0.25) is 0 Å². The summed E-state index contributed by atoms with van der Waals surface area (Å²) in [6, 6.07) is 6.31. The van der Waals surface area contributed by atoms with Crippen molar-refractivity contribution in [3.63, 3.8) is 0 Å². The molecule has 1 saturated heterocycles. The van der Waals surface area contributed by atoms with Crippen molar-refractivity contribution in [2.45, 2.75) is 57.9 Å². The number of aromatic hydroxyl groups is 1. The van der Waals surface area contributed by atoms with Crippen LogP contribution in [0.3, 0.4) is 0 Å². The van der Waals surface area contributed by atoms with Crippen molar-refractivity contribution in [2.75, 3.05) is 19.8 Å². The number of benzene rings is 1. The van der Waals surface area contributed by atoms with Gasteiger partial charge >= 0.3 is 0 Å². The van der Waals surface area contributed by atoms with Gasteiger partial charge < -0.3 is 14.8 Å². The molecule has 1 aromatic carbocycles. The van der Waals surface area contributed by atoms with Gasteiger partial charge in [-0.25, -0.2) is 0 Å². The number of hydrogen-bond acceptors (Lipinski definition) is 5. The molecular weight excluding hydrogens is 366 g/mol. The minimum atomic E-state index is -3.67. The Morgan fingerprint density at radius 1 is 1.33 bits per heavy atom. The quantitative estimate of drug-likeness (QED) is 0.762. The first-order chi connectivity index (χ1) is 12.3. The smallest absolute Gasteiger partial charge is 0.261 e. The van der Waals surface area contributed by atoms with Gasteiger partial charge in [-0.3, -0.25) is 4.55 Å². The molecule has 7 heteroatoms. The zero-order chi connectivity index (χ0) is 20.6. The molecule has 2 aliphatic rings. The fourth-order valence-electron chi connectivity index (χ4n) is 4.86. The third kappa shape index (κ3) is 4.52. The summed E-state index contributed by atoms with van der Waals surface area (Å²) >= 11 is 0. The van der Waals surface area contributed by atoms with Gasteiger partial charge in [0, 0.05) is 17.9 Å². The Balaban J connectivity index is 0.000000465. The van der Waals surface area contributed by atoms with Crippen molar-refractivity contribution in [1.29, 1.82) is 0 Å². The number of nitrogens with zero attached hydrogens (tertiary/aromatic N) is 1. The van der Waals surface area contributed by atoms with E-state index >= 15 is 0 Å². The molecule has 2 N–H and O–H groups in total. The summed E-state index contributed by atoms with van der Waals surface area (Å²) in [5, 5.41) is 9.98. The number of piperidine rings is 1. The first-order valence-electron chi connectivity index (χ1n) is 9.22. The lowest BCUT2D eigenvalue weighted by molar-refractivity contribution is -0.119. The fraction of sp³-hybridized carbons (Fsp3) is 0.650. The SMILES string of the molecule is CC(=O)CC[C@]1(C)C2Cc3ccc(O)cc3[C@@]1(C)CCN2C.CS(=O)(=O)O. The lowest BCUT2D eigenvalue weighted by Gasteiger charge is -2.62. The number of Topliss-reactive ketones (excluding diaryl/α,β-unsaturated/α-hetero) is 1. The molecule has 0 spiro atoms.